The molecule has 0 amide bonds. The maximum atomic E-state index is 13.6. The highest BCUT2D eigenvalue weighted by Gasteiger charge is 2.17. The molecule has 0 spiro atoms. The number of carbonyl (C=O) groups is 1. The molecule has 35 heavy (non-hydrogen) atoms. The van der Waals surface area contributed by atoms with Crippen LogP contribution in [0.4, 0.5) is 4.39 Å². The summed E-state index contributed by atoms with van der Waals surface area (Å²) in [4.78, 5) is 17.2. The summed E-state index contributed by atoms with van der Waals surface area (Å²) in [6.07, 6.45) is 0. The third-order valence-corrected chi connectivity index (χ3v) is 5.84. The van der Waals surface area contributed by atoms with Crippen LogP contribution in [0.15, 0.2) is 84.0 Å². The molecule has 1 heterocycles. The smallest absolute Gasteiger partial charge is 0.337 e. The van der Waals surface area contributed by atoms with E-state index in [1.54, 1.807) is 24.3 Å². The van der Waals surface area contributed by atoms with Gasteiger partial charge in [-0.3, -0.25) is 0 Å². The van der Waals surface area contributed by atoms with E-state index in [1.165, 1.54) is 19.2 Å². The van der Waals surface area contributed by atoms with E-state index < -0.39 is 0 Å². The van der Waals surface area contributed by atoms with Crippen LogP contribution in [0.3, 0.4) is 0 Å². The highest BCUT2D eigenvalue weighted by Crippen LogP contribution is 2.30. The Hall–Kier alpha value is -4.19. The number of oxime groups is 1. The molecule has 178 valence electrons. The van der Waals surface area contributed by atoms with Crippen molar-refractivity contribution in [3.05, 3.63) is 113 Å². The summed E-state index contributed by atoms with van der Waals surface area (Å²) in [5, 5.41) is 4.35. The predicted octanol–water partition coefficient (Wildman–Crippen LogP) is 6.63. The number of benzene rings is 3. The lowest BCUT2D eigenvalue weighted by Crippen LogP contribution is -2.03. The number of esters is 1. The molecule has 0 N–H and O–H groups in total. The monoisotopic (exact) mass is 470 g/mol. The first-order chi connectivity index (χ1) is 16.9. The van der Waals surface area contributed by atoms with Gasteiger partial charge in [0.15, 0.2) is 0 Å². The van der Waals surface area contributed by atoms with E-state index in [0.29, 0.717) is 5.56 Å². The van der Waals surface area contributed by atoms with Crippen molar-refractivity contribution in [2.45, 2.75) is 27.4 Å². The third-order valence-electron chi connectivity index (χ3n) is 5.84. The zero-order chi connectivity index (χ0) is 24.9. The van der Waals surface area contributed by atoms with E-state index in [4.69, 9.17) is 9.57 Å². The first-order valence-corrected chi connectivity index (χ1v) is 11.3. The number of carbonyl (C=O) groups excluding carboxylic acids is 1. The minimum Gasteiger partial charge on any atom is -0.465 e. The summed E-state index contributed by atoms with van der Waals surface area (Å²) in [5.74, 6) is -0.651. The number of rotatable bonds is 7. The van der Waals surface area contributed by atoms with Crippen molar-refractivity contribution in [3.8, 4) is 16.9 Å². The number of aryl methyl sites for hydroxylation is 1. The van der Waals surface area contributed by atoms with Gasteiger partial charge in [-0.05, 0) is 92.1 Å². The molecular formula is C29H27FN2O3. The van der Waals surface area contributed by atoms with Crippen molar-refractivity contribution in [3.63, 3.8) is 0 Å². The molecule has 0 aliphatic heterocycles. The van der Waals surface area contributed by atoms with Crippen molar-refractivity contribution in [1.82, 2.24) is 4.57 Å². The topological polar surface area (TPSA) is 52.8 Å². The highest BCUT2D eigenvalue weighted by atomic mass is 19.1. The van der Waals surface area contributed by atoms with Gasteiger partial charge in [0.05, 0.1) is 24.1 Å². The molecule has 6 heteroatoms. The second-order valence-electron chi connectivity index (χ2n) is 8.35. The zero-order valence-corrected chi connectivity index (χ0v) is 20.2. The molecule has 0 radical (unpaired) electrons. The van der Waals surface area contributed by atoms with Gasteiger partial charge >= 0.3 is 5.97 Å². The molecule has 4 rings (SSSR count). The minimum absolute atomic E-state index is 0.265. The van der Waals surface area contributed by atoms with Gasteiger partial charge in [-0.1, -0.05) is 29.4 Å². The Morgan fingerprint density at radius 1 is 0.971 bits per heavy atom. The number of methoxy groups -OCH3 is 1. The lowest BCUT2D eigenvalue weighted by Gasteiger charge is -2.13. The quantitative estimate of drug-likeness (QED) is 0.173. The molecule has 0 aliphatic rings. The molecule has 0 saturated carbocycles. The van der Waals surface area contributed by atoms with E-state index in [0.717, 1.165) is 45.0 Å². The van der Waals surface area contributed by atoms with Crippen LogP contribution in [0.25, 0.3) is 16.9 Å². The summed E-state index contributed by atoms with van der Waals surface area (Å²) < 4.78 is 20.5. The number of nitrogens with zero attached hydrogens (tertiary/aromatic N) is 2. The van der Waals surface area contributed by atoms with Crippen molar-refractivity contribution in [2.75, 3.05) is 7.11 Å². The summed E-state index contributed by atoms with van der Waals surface area (Å²) >= 11 is 0. The molecule has 0 saturated heterocycles. The van der Waals surface area contributed by atoms with Crippen molar-refractivity contribution in [1.29, 1.82) is 0 Å². The standard InChI is InChI=1S/C29H27FN2O3/c1-19-6-5-7-26(16-19)32-21(3)27(17-28(32)23-12-14-25(30)15-13-23)20(2)31-35-18-22-8-10-24(11-9-22)29(33)34-4/h5-17H,18H2,1-4H3. The Balaban J connectivity index is 1.63. The first-order valence-electron chi connectivity index (χ1n) is 11.3. The Labute approximate surface area is 204 Å². The van der Waals surface area contributed by atoms with Gasteiger partial charge in [0.2, 0.25) is 0 Å². The van der Waals surface area contributed by atoms with Gasteiger partial charge in [-0.15, -0.1) is 0 Å². The number of ether oxygens (including phenoxy) is 1. The number of hydrogen-bond donors (Lipinski definition) is 0. The first kappa shape index (κ1) is 24.0. The van der Waals surface area contributed by atoms with Crippen LogP contribution in [-0.4, -0.2) is 23.4 Å². The summed E-state index contributed by atoms with van der Waals surface area (Å²) in [6, 6.07) is 23.8. The minimum atomic E-state index is -0.378. The predicted molar refractivity (Wildman–Crippen MR) is 135 cm³/mol. The Morgan fingerprint density at radius 3 is 2.34 bits per heavy atom. The Kier molecular flexibility index (Phi) is 7.11. The zero-order valence-electron chi connectivity index (χ0n) is 20.2. The SMILES string of the molecule is COC(=O)c1ccc(CON=C(C)c2cc(-c3ccc(F)cc3)n(-c3cccc(C)c3)c2C)cc1. The maximum Gasteiger partial charge on any atom is 0.337 e. The van der Waals surface area contributed by atoms with Crippen LogP contribution in [0.1, 0.15) is 39.7 Å². The average molecular weight is 471 g/mol. The van der Waals surface area contributed by atoms with Gasteiger partial charge in [0, 0.05) is 16.9 Å². The molecule has 4 aromatic rings. The lowest BCUT2D eigenvalue weighted by molar-refractivity contribution is 0.0600. The molecule has 0 fully saturated rings. The molecule has 1 aromatic heterocycles. The third kappa shape index (κ3) is 5.32. The van der Waals surface area contributed by atoms with Crippen LogP contribution < -0.4 is 0 Å². The Bertz CT molecular complexity index is 1370. The van der Waals surface area contributed by atoms with Crippen LogP contribution in [0.2, 0.25) is 0 Å². The van der Waals surface area contributed by atoms with E-state index in [1.807, 2.05) is 32.0 Å². The van der Waals surface area contributed by atoms with Crippen molar-refractivity contribution in [2.24, 2.45) is 5.16 Å². The fraction of sp³-hybridized carbons (Fsp3) is 0.172. The van der Waals surface area contributed by atoms with E-state index >= 15 is 0 Å². The molecular weight excluding hydrogens is 443 g/mol. The average Bonchev–Trinajstić information content (AvgIpc) is 3.21. The van der Waals surface area contributed by atoms with Gasteiger partial charge in [0.25, 0.3) is 0 Å². The molecule has 0 unspecified atom stereocenters. The Morgan fingerprint density at radius 2 is 1.69 bits per heavy atom. The fourth-order valence-electron chi connectivity index (χ4n) is 4.01. The highest BCUT2D eigenvalue weighted by molar-refractivity contribution is 6.01. The van der Waals surface area contributed by atoms with Crippen molar-refractivity contribution >= 4 is 11.7 Å². The molecule has 5 nitrogen and oxygen atoms in total. The van der Waals surface area contributed by atoms with Crippen LogP contribution in [0, 0.1) is 19.7 Å². The molecule has 0 atom stereocenters. The second-order valence-corrected chi connectivity index (χ2v) is 8.35. The lowest BCUT2D eigenvalue weighted by atomic mass is 10.1. The summed E-state index contributed by atoms with van der Waals surface area (Å²) in [5.41, 5.74) is 8.05. The van der Waals surface area contributed by atoms with Gasteiger partial charge in [0.1, 0.15) is 12.4 Å². The van der Waals surface area contributed by atoms with Crippen LogP contribution in [0.5, 0.6) is 0 Å². The van der Waals surface area contributed by atoms with E-state index in [9.17, 15) is 9.18 Å². The number of aromatic nitrogens is 1. The second kappa shape index (κ2) is 10.4. The maximum absolute atomic E-state index is 13.6. The van der Waals surface area contributed by atoms with Gasteiger partial charge in [-0.2, -0.15) is 0 Å². The van der Waals surface area contributed by atoms with Crippen LogP contribution in [-0.2, 0) is 16.2 Å². The fourth-order valence-corrected chi connectivity index (χ4v) is 4.01. The van der Waals surface area contributed by atoms with Crippen LogP contribution >= 0.6 is 0 Å². The normalized spacial score (nSPS) is 11.4. The number of hydrogen-bond acceptors (Lipinski definition) is 4. The van der Waals surface area contributed by atoms with Crippen molar-refractivity contribution < 1.29 is 18.8 Å². The molecule has 0 bridgehead atoms. The summed E-state index contributed by atoms with van der Waals surface area (Å²) in [7, 11) is 1.35. The molecule has 3 aromatic carbocycles. The van der Waals surface area contributed by atoms with Gasteiger partial charge < -0.3 is 14.1 Å². The number of halogens is 1. The van der Waals surface area contributed by atoms with E-state index in [2.05, 4.69) is 40.9 Å². The van der Waals surface area contributed by atoms with E-state index in [-0.39, 0.29) is 18.4 Å². The summed E-state index contributed by atoms with van der Waals surface area (Å²) in [6.45, 7) is 6.26. The largest absolute Gasteiger partial charge is 0.465 e. The molecule has 0 aliphatic carbocycles. The van der Waals surface area contributed by atoms with Gasteiger partial charge in [-0.25, -0.2) is 9.18 Å².